The predicted octanol–water partition coefficient (Wildman–Crippen LogP) is 2.35. The average Bonchev–Trinajstić information content (AvgIpc) is 3.21. The molecule has 0 N–H and O–H groups in total. The Morgan fingerprint density at radius 2 is 2.12 bits per heavy atom. The van der Waals surface area contributed by atoms with Crippen molar-refractivity contribution >= 4 is 11.9 Å². The predicted molar refractivity (Wildman–Crippen MR) is 85.2 cm³/mol. The molecule has 0 saturated carbocycles. The summed E-state index contributed by atoms with van der Waals surface area (Å²) in [5.41, 5.74) is 3.22. The van der Waals surface area contributed by atoms with Crippen LogP contribution in [-0.4, -0.2) is 30.3 Å². The Kier molecular flexibility index (Phi) is 3.34. The zero-order chi connectivity index (χ0) is 16.7. The number of fused-ring (bicyclic) bond motifs is 1. The quantitative estimate of drug-likeness (QED) is 0.679. The van der Waals surface area contributed by atoms with E-state index < -0.39 is 5.82 Å². The second-order valence-electron chi connectivity index (χ2n) is 5.68. The summed E-state index contributed by atoms with van der Waals surface area (Å²) in [5.74, 6) is -0.453. The summed E-state index contributed by atoms with van der Waals surface area (Å²) in [6, 6.07) is 4.79. The maximum Gasteiger partial charge on any atom is 0.192 e. The Hall–Kier alpha value is -3.09. The van der Waals surface area contributed by atoms with E-state index in [-0.39, 0.29) is 5.78 Å². The number of aromatic nitrogens is 5. The first-order chi connectivity index (χ1) is 11.6. The van der Waals surface area contributed by atoms with Crippen LogP contribution in [0.4, 0.5) is 4.39 Å². The molecule has 24 heavy (non-hydrogen) atoms. The van der Waals surface area contributed by atoms with Crippen LogP contribution in [0.5, 0.6) is 0 Å². The number of rotatable bonds is 2. The molecule has 4 rings (SSSR count). The van der Waals surface area contributed by atoms with Crippen molar-refractivity contribution in [3.8, 4) is 5.69 Å². The van der Waals surface area contributed by atoms with Crippen molar-refractivity contribution in [3.05, 3.63) is 65.3 Å². The van der Waals surface area contributed by atoms with Gasteiger partial charge in [-0.2, -0.15) is 10.2 Å². The number of nitrogens with zero attached hydrogens (tertiary/aromatic N) is 5. The third-order valence-corrected chi connectivity index (χ3v) is 4.21. The number of carbonyl (C=O) groups excluding carboxylic acids is 1. The molecule has 6 nitrogen and oxygen atoms in total. The van der Waals surface area contributed by atoms with Gasteiger partial charge in [0.15, 0.2) is 5.78 Å². The highest BCUT2D eigenvalue weighted by molar-refractivity contribution is 6.12. The summed E-state index contributed by atoms with van der Waals surface area (Å²) in [7, 11) is 1.83. The molecule has 0 spiro atoms. The Morgan fingerprint density at radius 3 is 2.88 bits per heavy atom. The third kappa shape index (κ3) is 2.34. The van der Waals surface area contributed by atoms with E-state index in [1.54, 1.807) is 29.1 Å². The van der Waals surface area contributed by atoms with Crippen LogP contribution in [0.1, 0.15) is 28.0 Å². The Labute approximate surface area is 137 Å². The van der Waals surface area contributed by atoms with Crippen LogP contribution in [-0.2, 0) is 13.5 Å². The molecule has 0 aliphatic heterocycles. The molecule has 1 aliphatic carbocycles. The smallest absolute Gasteiger partial charge is 0.192 e. The lowest BCUT2D eigenvalue weighted by molar-refractivity contribution is 0.102. The van der Waals surface area contributed by atoms with Gasteiger partial charge in [-0.1, -0.05) is 6.07 Å². The van der Waals surface area contributed by atoms with E-state index in [0.29, 0.717) is 28.8 Å². The lowest BCUT2D eigenvalue weighted by Crippen LogP contribution is -2.15. The van der Waals surface area contributed by atoms with Crippen molar-refractivity contribution in [1.82, 2.24) is 24.5 Å². The van der Waals surface area contributed by atoms with Gasteiger partial charge >= 0.3 is 0 Å². The minimum absolute atomic E-state index is 0.0369. The fourth-order valence-corrected chi connectivity index (χ4v) is 2.96. The fraction of sp³-hybridized carbons (Fsp3) is 0.176. The molecule has 1 aromatic carbocycles. The SMILES string of the molecule is Cn1ncc2c1CC/C(=C/c1ccc(-n3cncn3)c(F)c1)C2=O. The average molecular weight is 323 g/mol. The van der Waals surface area contributed by atoms with Crippen LogP contribution in [0.15, 0.2) is 42.6 Å². The van der Waals surface area contributed by atoms with Gasteiger partial charge in [-0.25, -0.2) is 14.1 Å². The number of benzene rings is 1. The molecule has 3 aromatic rings. The van der Waals surface area contributed by atoms with Crippen molar-refractivity contribution in [2.45, 2.75) is 12.8 Å². The molecule has 7 heteroatoms. The Balaban J connectivity index is 1.67. The highest BCUT2D eigenvalue weighted by Crippen LogP contribution is 2.26. The molecule has 2 aromatic heterocycles. The molecule has 0 unspecified atom stereocenters. The van der Waals surface area contributed by atoms with Gasteiger partial charge in [0.2, 0.25) is 0 Å². The molecule has 0 radical (unpaired) electrons. The van der Waals surface area contributed by atoms with Gasteiger partial charge in [-0.05, 0) is 36.6 Å². The van der Waals surface area contributed by atoms with E-state index in [0.717, 1.165) is 12.1 Å². The summed E-state index contributed by atoms with van der Waals surface area (Å²) in [6.45, 7) is 0. The maximum atomic E-state index is 14.3. The first-order valence-electron chi connectivity index (χ1n) is 7.54. The first-order valence-corrected chi connectivity index (χ1v) is 7.54. The van der Waals surface area contributed by atoms with Gasteiger partial charge in [0, 0.05) is 18.3 Å². The van der Waals surface area contributed by atoms with Gasteiger partial charge < -0.3 is 0 Å². The van der Waals surface area contributed by atoms with Gasteiger partial charge in [0.1, 0.15) is 24.2 Å². The van der Waals surface area contributed by atoms with Gasteiger partial charge in [0.25, 0.3) is 0 Å². The van der Waals surface area contributed by atoms with Crippen LogP contribution in [0.2, 0.25) is 0 Å². The van der Waals surface area contributed by atoms with Crippen LogP contribution < -0.4 is 0 Å². The standard InChI is InChI=1S/C17H14FN5O/c1-22-15-5-3-12(17(24)13(15)8-20-22)6-11-2-4-16(14(18)7-11)23-10-19-9-21-23/h2,4,6-10H,3,5H2,1H3/b12-6-. The van der Waals surface area contributed by atoms with Gasteiger partial charge in [0.05, 0.1) is 11.8 Å². The highest BCUT2D eigenvalue weighted by Gasteiger charge is 2.24. The summed E-state index contributed by atoms with van der Waals surface area (Å²) in [4.78, 5) is 16.3. The number of allylic oxidation sites excluding steroid dienone is 1. The number of Topliss-reactive ketones (excluding diaryl/α,β-unsaturated/α-hetero) is 1. The summed E-state index contributed by atoms with van der Waals surface area (Å²) < 4.78 is 17.4. The minimum Gasteiger partial charge on any atom is -0.289 e. The third-order valence-electron chi connectivity index (χ3n) is 4.21. The molecule has 0 bridgehead atoms. The van der Waals surface area contributed by atoms with Crippen molar-refractivity contribution in [1.29, 1.82) is 0 Å². The van der Waals surface area contributed by atoms with E-state index in [1.165, 1.54) is 23.4 Å². The van der Waals surface area contributed by atoms with E-state index in [4.69, 9.17) is 0 Å². The number of aryl methyl sites for hydroxylation is 1. The molecule has 0 amide bonds. The number of ketones is 1. The topological polar surface area (TPSA) is 65.6 Å². The summed E-state index contributed by atoms with van der Waals surface area (Å²) >= 11 is 0. The van der Waals surface area contributed by atoms with Crippen LogP contribution in [0, 0.1) is 5.82 Å². The van der Waals surface area contributed by atoms with Crippen LogP contribution >= 0.6 is 0 Å². The number of carbonyl (C=O) groups is 1. The van der Waals surface area contributed by atoms with E-state index in [2.05, 4.69) is 15.2 Å². The van der Waals surface area contributed by atoms with Crippen molar-refractivity contribution in [2.75, 3.05) is 0 Å². The first kappa shape index (κ1) is 14.5. The largest absolute Gasteiger partial charge is 0.289 e. The second-order valence-corrected chi connectivity index (χ2v) is 5.68. The zero-order valence-corrected chi connectivity index (χ0v) is 13.0. The number of hydrogen-bond donors (Lipinski definition) is 0. The lowest BCUT2D eigenvalue weighted by atomic mass is 9.90. The molecular weight excluding hydrogens is 309 g/mol. The highest BCUT2D eigenvalue weighted by atomic mass is 19.1. The molecule has 120 valence electrons. The molecular formula is C17H14FN5O. The molecule has 1 aliphatic rings. The van der Waals surface area contributed by atoms with E-state index in [1.807, 2.05) is 7.05 Å². The van der Waals surface area contributed by atoms with E-state index in [9.17, 15) is 9.18 Å². The molecule has 0 saturated heterocycles. The lowest BCUT2D eigenvalue weighted by Gasteiger charge is -2.14. The normalized spacial score (nSPS) is 15.8. The molecule has 2 heterocycles. The summed E-state index contributed by atoms with van der Waals surface area (Å²) in [5, 5.41) is 8.06. The van der Waals surface area contributed by atoms with E-state index >= 15 is 0 Å². The monoisotopic (exact) mass is 323 g/mol. The molecule has 0 atom stereocenters. The van der Waals surface area contributed by atoms with Crippen LogP contribution in [0.25, 0.3) is 11.8 Å². The van der Waals surface area contributed by atoms with Gasteiger partial charge in [-0.3, -0.25) is 9.48 Å². The Morgan fingerprint density at radius 1 is 1.25 bits per heavy atom. The fourth-order valence-electron chi connectivity index (χ4n) is 2.96. The minimum atomic E-state index is -0.417. The number of halogens is 1. The Bertz CT molecular complexity index is 956. The molecule has 0 fully saturated rings. The van der Waals surface area contributed by atoms with Crippen molar-refractivity contribution in [2.24, 2.45) is 7.05 Å². The zero-order valence-electron chi connectivity index (χ0n) is 13.0. The summed E-state index contributed by atoms with van der Waals surface area (Å²) in [6.07, 6.45) is 7.50. The second kappa shape index (κ2) is 5.52. The number of hydrogen-bond acceptors (Lipinski definition) is 4. The van der Waals surface area contributed by atoms with Crippen molar-refractivity contribution in [3.63, 3.8) is 0 Å². The maximum absolute atomic E-state index is 14.3. The van der Waals surface area contributed by atoms with Crippen molar-refractivity contribution < 1.29 is 9.18 Å². The van der Waals surface area contributed by atoms with Crippen LogP contribution in [0.3, 0.4) is 0 Å². The van der Waals surface area contributed by atoms with Gasteiger partial charge in [-0.15, -0.1) is 0 Å².